The number of unbranched alkanes of at least 4 members (excludes halogenated alkanes) is 30. The van der Waals surface area contributed by atoms with E-state index in [9.17, 15) is 19.5 Å². The quantitative estimate of drug-likeness (QED) is 0.0211. The lowest BCUT2D eigenvalue weighted by Gasteiger charge is -2.25. The Balaban J connectivity index is 4.05. The van der Waals surface area contributed by atoms with E-state index in [-0.39, 0.29) is 32.2 Å². The van der Waals surface area contributed by atoms with E-state index in [1.807, 2.05) is 21.1 Å². The fraction of sp³-hybridized carbons (Fsp3) is 0.679. The van der Waals surface area contributed by atoms with Crippen LogP contribution in [-0.4, -0.2) is 87.4 Å². The Morgan fingerprint density at radius 3 is 0.860 bits per heavy atom. The van der Waals surface area contributed by atoms with Gasteiger partial charge in [0.25, 0.3) is 6.29 Å². The molecule has 9 nitrogen and oxygen atoms in total. The standard InChI is InChI=1S/C84H141NO8/c1-6-8-10-12-14-16-18-20-22-24-26-28-30-32-34-35-36-37-38-39-40-41-42-43-44-45-46-47-49-51-53-55-57-59-61-63-65-67-69-71-73-75-82(87)93-80(79-92-84(83(88)89)90-77-76-85(3,4)5)78-91-81(86)74-72-70-68-66-64-62-60-58-56-54-52-50-48-33-31-29-27-25-23-21-19-17-15-13-11-9-7-2/h8-11,14-17,20-23,26-29,32-34,36-37,39-40,48,80,84H,6-7,12-13,18-19,24-25,30-31,35,38,41-47,49-79H2,1-5H3/p+1/b10-8-,11-9-,16-14-,17-15-,22-20-,23-21-,28-26-,29-27-,34-32-,37-36-,40-39-,48-33-. The molecule has 0 aromatic rings. The zero-order valence-corrected chi connectivity index (χ0v) is 60.6. The van der Waals surface area contributed by atoms with E-state index in [1.165, 1.54) is 167 Å². The minimum atomic E-state index is -1.52. The molecule has 0 aromatic carbocycles. The van der Waals surface area contributed by atoms with E-state index in [2.05, 4.69) is 160 Å². The first-order valence-corrected chi connectivity index (χ1v) is 38.0. The number of carbonyl (C=O) groups is 3. The first kappa shape index (κ1) is 88.2. The van der Waals surface area contributed by atoms with Crippen molar-refractivity contribution in [2.45, 2.75) is 322 Å². The highest BCUT2D eigenvalue weighted by atomic mass is 16.7. The van der Waals surface area contributed by atoms with Gasteiger partial charge in [-0.05, 0) is 116 Å². The summed E-state index contributed by atoms with van der Waals surface area (Å²) in [6.07, 6.45) is 104. The average Bonchev–Trinajstić information content (AvgIpc) is 3.38. The number of likely N-dealkylation sites (N-methyl/N-ethyl adjacent to an activating group) is 1. The Labute approximate surface area is 572 Å². The van der Waals surface area contributed by atoms with Gasteiger partial charge in [-0.2, -0.15) is 0 Å². The van der Waals surface area contributed by atoms with Crippen LogP contribution in [0.15, 0.2) is 146 Å². The van der Waals surface area contributed by atoms with Gasteiger partial charge in [0.1, 0.15) is 13.2 Å². The lowest BCUT2D eigenvalue weighted by molar-refractivity contribution is -0.870. The number of rotatable bonds is 69. The van der Waals surface area contributed by atoms with Crippen LogP contribution in [0.3, 0.4) is 0 Å². The predicted octanol–water partition coefficient (Wildman–Crippen LogP) is 24.3. The SMILES string of the molecule is CC/C=C\C/C=C\C/C=C\C/C=C\C/C=C\C/C=C\C/C=C\CCCCCCCCCCCCCCCCCCCCCC(=O)OC(COC(=O)CCCCCCCCCCCCC/C=C\C/C=C\C/C=C\C/C=C\C/C=C\CC)COC(OCC[N+](C)(C)C)C(=O)O. The van der Waals surface area contributed by atoms with Crippen LogP contribution in [0.4, 0.5) is 0 Å². The molecule has 0 saturated carbocycles. The van der Waals surface area contributed by atoms with Crippen molar-refractivity contribution >= 4 is 17.9 Å². The average molecular weight is 1290 g/mol. The van der Waals surface area contributed by atoms with Crippen LogP contribution in [0.2, 0.25) is 0 Å². The minimum absolute atomic E-state index is 0.183. The van der Waals surface area contributed by atoms with Crippen molar-refractivity contribution in [3.05, 3.63) is 146 Å². The maximum atomic E-state index is 13.0. The van der Waals surface area contributed by atoms with E-state index in [0.717, 1.165) is 116 Å². The fourth-order valence-electron chi connectivity index (χ4n) is 10.4. The highest BCUT2D eigenvalue weighted by molar-refractivity contribution is 5.71. The van der Waals surface area contributed by atoms with Crippen molar-refractivity contribution in [2.24, 2.45) is 0 Å². The molecule has 0 fully saturated rings. The van der Waals surface area contributed by atoms with Crippen LogP contribution in [0.25, 0.3) is 0 Å². The molecule has 0 aliphatic carbocycles. The number of aliphatic carboxylic acids is 1. The van der Waals surface area contributed by atoms with Crippen molar-refractivity contribution in [1.29, 1.82) is 0 Å². The Morgan fingerprint density at radius 2 is 0.581 bits per heavy atom. The smallest absolute Gasteiger partial charge is 0.361 e. The number of allylic oxidation sites excluding steroid dienone is 24. The van der Waals surface area contributed by atoms with Gasteiger partial charge in [0, 0.05) is 12.8 Å². The molecule has 0 bridgehead atoms. The number of hydrogen-bond acceptors (Lipinski definition) is 7. The molecule has 530 valence electrons. The molecule has 0 saturated heterocycles. The van der Waals surface area contributed by atoms with Gasteiger partial charge < -0.3 is 28.5 Å². The van der Waals surface area contributed by atoms with Crippen molar-refractivity contribution in [3.8, 4) is 0 Å². The summed E-state index contributed by atoms with van der Waals surface area (Å²) in [5.41, 5.74) is 0. The molecule has 0 aliphatic rings. The summed E-state index contributed by atoms with van der Waals surface area (Å²) < 4.78 is 23.0. The zero-order valence-electron chi connectivity index (χ0n) is 60.6. The van der Waals surface area contributed by atoms with Crippen LogP contribution in [0.1, 0.15) is 309 Å². The van der Waals surface area contributed by atoms with Gasteiger partial charge in [-0.15, -0.1) is 0 Å². The van der Waals surface area contributed by atoms with Crippen molar-refractivity contribution < 1.29 is 42.9 Å². The van der Waals surface area contributed by atoms with Gasteiger partial charge in [0.15, 0.2) is 6.10 Å². The Kier molecular flexibility index (Phi) is 69.2. The van der Waals surface area contributed by atoms with E-state index < -0.39 is 24.3 Å². The molecule has 2 unspecified atom stereocenters. The second kappa shape index (κ2) is 73.0. The van der Waals surface area contributed by atoms with Gasteiger partial charge in [0.05, 0.1) is 34.4 Å². The molecular formula is C84H142NO8+. The Bertz CT molecular complexity index is 2040. The topological polar surface area (TPSA) is 108 Å². The molecule has 93 heavy (non-hydrogen) atoms. The molecule has 0 aromatic heterocycles. The molecule has 0 spiro atoms. The normalized spacial score (nSPS) is 13.5. The van der Waals surface area contributed by atoms with E-state index in [0.29, 0.717) is 17.4 Å². The molecular weight excluding hydrogens is 1150 g/mol. The summed E-state index contributed by atoms with van der Waals surface area (Å²) in [7, 11) is 5.98. The maximum absolute atomic E-state index is 13.0. The van der Waals surface area contributed by atoms with E-state index in [4.69, 9.17) is 18.9 Å². The minimum Gasteiger partial charge on any atom is -0.477 e. The first-order chi connectivity index (χ1) is 45.6. The molecule has 0 amide bonds. The number of carboxylic acids is 1. The number of carbonyl (C=O) groups excluding carboxylic acids is 2. The number of carboxylic acid groups (broad SMARTS) is 1. The van der Waals surface area contributed by atoms with Crippen LogP contribution in [0, 0.1) is 0 Å². The second-order valence-electron chi connectivity index (χ2n) is 26.2. The zero-order chi connectivity index (χ0) is 67.5. The number of nitrogens with zero attached hydrogens (tertiary/aromatic N) is 1. The van der Waals surface area contributed by atoms with Crippen LogP contribution in [0.5, 0.6) is 0 Å². The van der Waals surface area contributed by atoms with Crippen LogP contribution < -0.4 is 0 Å². The van der Waals surface area contributed by atoms with Crippen molar-refractivity contribution in [1.82, 2.24) is 0 Å². The molecule has 0 aliphatic heterocycles. The molecule has 2 atom stereocenters. The Morgan fingerprint density at radius 1 is 0.323 bits per heavy atom. The van der Waals surface area contributed by atoms with Gasteiger partial charge in [0.2, 0.25) is 0 Å². The number of quaternary nitrogens is 1. The molecule has 0 rings (SSSR count). The molecule has 1 N–H and O–H groups in total. The van der Waals surface area contributed by atoms with E-state index in [1.54, 1.807) is 0 Å². The molecule has 0 radical (unpaired) electrons. The molecule has 0 heterocycles. The van der Waals surface area contributed by atoms with Gasteiger partial charge in [-0.25, -0.2) is 4.79 Å². The summed E-state index contributed by atoms with van der Waals surface area (Å²) in [4.78, 5) is 37.7. The third kappa shape index (κ3) is 74.4. The van der Waals surface area contributed by atoms with Gasteiger partial charge in [-0.1, -0.05) is 327 Å². The highest BCUT2D eigenvalue weighted by Crippen LogP contribution is 2.18. The predicted molar refractivity (Wildman–Crippen MR) is 400 cm³/mol. The van der Waals surface area contributed by atoms with Crippen molar-refractivity contribution in [2.75, 3.05) is 47.5 Å². The van der Waals surface area contributed by atoms with Crippen LogP contribution >= 0.6 is 0 Å². The number of esters is 2. The Hall–Kier alpha value is -4.83. The summed E-state index contributed by atoms with van der Waals surface area (Å²) in [5.74, 6) is -2.00. The first-order valence-electron chi connectivity index (χ1n) is 38.0. The maximum Gasteiger partial charge on any atom is 0.361 e. The van der Waals surface area contributed by atoms with Crippen molar-refractivity contribution in [3.63, 3.8) is 0 Å². The van der Waals surface area contributed by atoms with E-state index >= 15 is 0 Å². The lowest BCUT2D eigenvalue weighted by Crippen LogP contribution is -2.40. The van der Waals surface area contributed by atoms with Crippen LogP contribution in [-0.2, 0) is 33.3 Å². The summed E-state index contributed by atoms with van der Waals surface area (Å²) in [5, 5.41) is 9.76. The molecule has 9 heteroatoms. The van der Waals surface area contributed by atoms with Gasteiger partial charge >= 0.3 is 17.9 Å². The number of hydrogen-bond donors (Lipinski definition) is 1. The monoisotopic (exact) mass is 1290 g/mol. The van der Waals surface area contributed by atoms with Gasteiger partial charge in [-0.3, -0.25) is 9.59 Å². The lowest BCUT2D eigenvalue weighted by atomic mass is 10.0. The second-order valence-corrected chi connectivity index (χ2v) is 26.2. The number of ether oxygens (including phenoxy) is 4. The highest BCUT2D eigenvalue weighted by Gasteiger charge is 2.25. The third-order valence-electron chi connectivity index (χ3n) is 16.1. The fourth-order valence-corrected chi connectivity index (χ4v) is 10.4. The summed E-state index contributed by atoms with van der Waals surface area (Å²) in [6, 6.07) is 0. The summed E-state index contributed by atoms with van der Waals surface area (Å²) in [6.45, 7) is 4.66. The third-order valence-corrected chi connectivity index (χ3v) is 16.1. The largest absolute Gasteiger partial charge is 0.477 e. The summed E-state index contributed by atoms with van der Waals surface area (Å²) >= 11 is 0.